The summed E-state index contributed by atoms with van der Waals surface area (Å²) >= 11 is 0. The van der Waals surface area contributed by atoms with Gasteiger partial charge in [0.15, 0.2) is 0 Å². The second kappa shape index (κ2) is 5.46. The van der Waals surface area contributed by atoms with Crippen molar-refractivity contribution in [3.63, 3.8) is 0 Å². The number of rotatable bonds is 5. The van der Waals surface area contributed by atoms with E-state index in [0.29, 0.717) is 24.2 Å². The van der Waals surface area contributed by atoms with Crippen molar-refractivity contribution in [3.05, 3.63) is 33.9 Å². The minimum absolute atomic E-state index is 0.0417. The lowest BCUT2D eigenvalue weighted by Gasteiger charge is -2.06. The molecule has 0 fully saturated rings. The van der Waals surface area contributed by atoms with Crippen molar-refractivity contribution in [1.82, 2.24) is 0 Å². The Morgan fingerprint density at radius 3 is 2.75 bits per heavy atom. The largest absolute Gasteiger partial charge is 0.497 e. The number of hydrogen-bond donors (Lipinski definition) is 1. The number of hydrogen-bond acceptors (Lipinski definition) is 4. The summed E-state index contributed by atoms with van der Waals surface area (Å²) in [5.74, 6) is 0.465. The normalized spacial score (nSPS) is 12.2. The first-order valence-electron chi connectivity index (χ1n) is 5.04. The standard InChI is InChI=1S/C11H15NO4/c1-8(13)3-4-9-5-6-10(16-2)7-11(9)12(14)15/h5-8,13H,3-4H2,1-2H3. The van der Waals surface area contributed by atoms with Gasteiger partial charge in [0.1, 0.15) is 5.75 Å². The molecular weight excluding hydrogens is 210 g/mol. The number of nitrogens with zero attached hydrogens (tertiary/aromatic N) is 1. The Bertz CT molecular complexity index is 376. The van der Waals surface area contributed by atoms with Crippen LogP contribution in [0.25, 0.3) is 0 Å². The van der Waals surface area contributed by atoms with E-state index in [0.717, 1.165) is 0 Å². The van der Waals surface area contributed by atoms with E-state index in [1.165, 1.54) is 13.2 Å². The van der Waals surface area contributed by atoms with Crippen LogP contribution >= 0.6 is 0 Å². The highest BCUT2D eigenvalue weighted by Crippen LogP contribution is 2.25. The highest BCUT2D eigenvalue weighted by atomic mass is 16.6. The van der Waals surface area contributed by atoms with Gasteiger partial charge in [-0.15, -0.1) is 0 Å². The first kappa shape index (κ1) is 12.4. The Morgan fingerprint density at radius 2 is 2.25 bits per heavy atom. The van der Waals surface area contributed by atoms with Crippen LogP contribution in [0.3, 0.4) is 0 Å². The third-order valence-corrected chi connectivity index (χ3v) is 2.32. The Hall–Kier alpha value is -1.62. The predicted octanol–water partition coefficient (Wildman–Crippen LogP) is 1.92. The summed E-state index contributed by atoms with van der Waals surface area (Å²) < 4.78 is 4.93. The Labute approximate surface area is 93.8 Å². The number of ether oxygens (including phenoxy) is 1. The van der Waals surface area contributed by atoms with Gasteiger partial charge >= 0.3 is 0 Å². The number of nitro benzene ring substituents is 1. The zero-order chi connectivity index (χ0) is 12.1. The minimum atomic E-state index is -0.457. The molecule has 0 saturated heterocycles. The fourth-order valence-corrected chi connectivity index (χ4v) is 1.42. The molecule has 1 aromatic carbocycles. The monoisotopic (exact) mass is 225 g/mol. The second-order valence-electron chi connectivity index (χ2n) is 3.64. The van der Waals surface area contributed by atoms with E-state index in [4.69, 9.17) is 9.84 Å². The van der Waals surface area contributed by atoms with Crippen molar-refractivity contribution >= 4 is 5.69 Å². The minimum Gasteiger partial charge on any atom is -0.497 e. The van der Waals surface area contributed by atoms with E-state index >= 15 is 0 Å². The summed E-state index contributed by atoms with van der Waals surface area (Å²) in [6, 6.07) is 4.75. The lowest BCUT2D eigenvalue weighted by molar-refractivity contribution is -0.385. The Kier molecular flexibility index (Phi) is 4.25. The molecule has 1 rings (SSSR count). The molecule has 1 unspecified atom stereocenters. The molecule has 0 bridgehead atoms. The molecule has 0 spiro atoms. The fraction of sp³-hybridized carbons (Fsp3) is 0.455. The molecule has 0 aliphatic carbocycles. The molecule has 1 N–H and O–H groups in total. The average molecular weight is 225 g/mol. The first-order chi connectivity index (χ1) is 7.54. The summed E-state index contributed by atoms with van der Waals surface area (Å²) in [6.07, 6.45) is 0.534. The van der Waals surface area contributed by atoms with E-state index < -0.39 is 11.0 Å². The number of aliphatic hydroxyl groups is 1. The quantitative estimate of drug-likeness (QED) is 0.613. The van der Waals surface area contributed by atoms with Crippen LogP contribution in [0.4, 0.5) is 5.69 Å². The number of aryl methyl sites for hydroxylation is 1. The molecule has 0 heterocycles. The number of aliphatic hydroxyl groups excluding tert-OH is 1. The van der Waals surface area contributed by atoms with Gasteiger partial charge in [-0.05, 0) is 31.9 Å². The first-order valence-corrected chi connectivity index (χ1v) is 5.04. The van der Waals surface area contributed by atoms with Crippen LogP contribution in [-0.4, -0.2) is 23.2 Å². The van der Waals surface area contributed by atoms with E-state index in [1.54, 1.807) is 19.1 Å². The summed E-state index contributed by atoms with van der Waals surface area (Å²) in [5.41, 5.74) is 0.659. The highest BCUT2D eigenvalue weighted by molar-refractivity contribution is 5.46. The van der Waals surface area contributed by atoms with Gasteiger partial charge in [0.25, 0.3) is 5.69 Å². The third-order valence-electron chi connectivity index (χ3n) is 2.32. The molecule has 1 aromatic rings. The number of methoxy groups -OCH3 is 1. The van der Waals surface area contributed by atoms with Crippen molar-refractivity contribution in [2.24, 2.45) is 0 Å². The molecule has 88 valence electrons. The van der Waals surface area contributed by atoms with E-state index in [-0.39, 0.29) is 5.69 Å². The highest BCUT2D eigenvalue weighted by Gasteiger charge is 2.15. The van der Waals surface area contributed by atoms with Crippen LogP contribution in [-0.2, 0) is 6.42 Å². The van der Waals surface area contributed by atoms with E-state index in [2.05, 4.69) is 0 Å². The van der Waals surface area contributed by atoms with Crippen LogP contribution in [0.5, 0.6) is 5.75 Å². The van der Waals surface area contributed by atoms with E-state index in [1.807, 2.05) is 0 Å². The molecule has 1 atom stereocenters. The molecule has 0 aromatic heterocycles. The molecule has 0 radical (unpaired) electrons. The summed E-state index contributed by atoms with van der Waals surface area (Å²) in [7, 11) is 1.47. The predicted molar refractivity (Wildman–Crippen MR) is 59.7 cm³/mol. The lowest BCUT2D eigenvalue weighted by Crippen LogP contribution is -2.03. The topological polar surface area (TPSA) is 72.6 Å². The Morgan fingerprint density at radius 1 is 1.56 bits per heavy atom. The number of benzene rings is 1. The smallest absolute Gasteiger partial charge is 0.276 e. The average Bonchev–Trinajstić information content (AvgIpc) is 2.25. The van der Waals surface area contributed by atoms with Gasteiger partial charge in [-0.25, -0.2) is 0 Å². The molecule has 0 aliphatic heterocycles. The number of nitro groups is 1. The summed E-state index contributed by atoms with van der Waals surface area (Å²) in [6.45, 7) is 1.66. The molecule has 0 aliphatic rings. The van der Waals surface area contributed by atoms with Crippen LogP contribution in [0.1, 0.15) is 18.9 Å². The van der Waals surface area contributed by atoms with Crippen molar-refractivity contribution < 1.29 is 14.8 Å². The van der Waals surface area contributed by atoms with Gasteiger partial charge in [-0.1, -0.05) is 0 Å². The molecular formula is C11H15NO4. The van der Waals surface area contributed by atoms with Gasteiger partial charge in [0, 0.05) is 5.56 Å². The molecule has 0 saturated carbocycles. The lowest BCUT2D eigenvalue weighted by atomic mass is 10.1. The third kappa shape index (κ3) is 3.20. The van der Waals surface area contributed by atoms with Crippen LogP contribution in [0.15, 0.2) is 18.2 Å². The molecule has 5 heteroatoms. The molecule has 5 nitrogen and oxygen atoms in total. The van der Waals surface area contributed by atoms with Crippen molar-refractivity contribution in [1.29, 1.82) is 0 Å². The van der Waals surface area contributed by atoms with Gasteiger partial charge in [0.2, 0.25) is 0 Å². The van der Waals surface area contributed by atoms with Crippen LogP contribution in [0.2, 0.25) is 0 Å². The van der Waals surface area contributed by atoms with Crippen molar-refractivity contribution in [2.45, 2.75) is 25.9 Å². The maximum absolute atomic E-state index is 10.8. The molecule has 16 heavy (non-hydrogen) atoms. The molecule has 0 amide bonds. The van der Waals surface area contributed by atoms with Gasteiger partial charge in [-0.2, -0.15) is 0 Å². The van der Waals surface area contributed by atoms with E-state index in [9.17, 15) is 10.1 Å². The van der Waals surface area contributed by atoms with Crippen LogP contribution in [0, 0.1) is 10.1 Å². The van der Waals surface area contributed by atoms with Crippen molar-refractivity contribution in [2.75, 3.05) is 7.11 Å². The summed E-state index contributed by atoms with van der Waals surface area (Å²) in [4.78, 5) is 10.4. The second-order valence-corrected chi connectivity index (χ2v) is 3.64. The maximum atomic E-state index is 10.8. The van der Waals surface area contributed by atoms with Gasteiger partial charge in [0.05, 0.1) is 24.2 Å². The summed E-state index contributed by atoms with van der Waals surface area (Å²) in [5, 5.41) is 20.0. The van der Waals surface area contributed by atoms with Crippen LogP contribution < -0.4 is 4.74 Å². The van der Waals surface area contributed by atoms with Crippen molar-refractivity contribution in [3.8, 4) is 5.75 Å². The maximum Gasteiger partial charge on any atom is 0.276 e. The fourth-order valence-electron chi connectivity index (χ4n) is 1.42. The Balaban J connectivity index is 2.94. The zero-order valence-electron chi connectivity index (χ0n) is 9.34. The van der Waals surface area contributed by atoms with Gasteiger partial charge in [-0.3, -0.25) is 10.1 Å². The zero-order valence-corrected chi connectivity index (χ0v) is 9.34. The van der Waals surface area contributed by atoms with Gasteiger partial charge < -0.3 is 9.84 Å². The SMILES string of the molecule is COc1ccc(CCC(C)O)c([N+](=O)[O-])c1.